The van der Waals surface area contributed by atoms with E-state index >= 15 is 0 Å². The lowest BCUT2D eigenvalue weighted by Gasteiger charge is -2.09. The quantitative estimate of drug-likeness (QED) is 0.773. The monoisotopic (exact) mass is 380 g/mol. The Morgan fingerprint density at radius 3 is 2.37 bits per heavy atom. The van der Waals surface area contributed by atoms with Gasteiger partial charge >= 0.3 is 12.1 Å². The van der Waals surface area contributed by atoms with Crippen LogP contribution in [0.15, 0.2) is 48.5 Å². The van der Waals surface area contributed by atoms with Gasteiger partial charge < -0.3 is 15.4 Å². The van der Waals surface area contributed by atoms with Gasteiger partial charge in [0, 0.05) is 18.7 Å². The number of rotatable bonds is 7. The van der Waals surface area contributed by atoms with Crippen molar-refractivity contribution >= 4 is 17.5 Å². The number of nitrogens with one attached hydrogen (secondary N) is 2. The fourth-order valence-corrected chi connectivity index (χ4v) is 2.28. The number of ether oxygens (including phenoxy) is 1. The van der Waals surface area contributed by atoms with Crippen LogP contribution in [-0.2, 0) is 22.6 Å². The molecule has 8 heteroatoms. The van der Waals surface area contributed by atoms with Crippen LogP contribution in [0.5, 0.6) is 5.75 Å². The standard InChI is InChI=1S/C19H19F3N2O3/c1-27-16-4-2-3-13(11-16)7-10-17(25)23-12-14-5-8-15(9-6-14)24-18(26)19(20,21)22/h2-6,8-9,11H,7,10,12H2,1H3,(H,23,25)(H,24,26). The zero-order chi connectivity index (χ0) is 19.9. The van der Waals surface area contributed by atoms with E-state index in [4.69, 9.17) is 4.74 Å². The van der Waals surface area contributed by atoms with Gasteiger partial charge in [-0.3, -0.25) is 9.59 Å². The van der Waals surface area contributed by atoms with Crippen molar-refractivity contribution in [1.29, 1.82) is 0 Å². The van der Waals surface area contributed by atoms with Crippen molar-refractivity contribution in [2.75, 3.05) is 12.4 Å². The Morgan fingerprint density at radius 2 is 1.74 bits per heavy atom. The number of amides is 2. The van der Waals surface area contributed by atoms with Gasteiger partial charge in [0.05, 0.1) is 7.11 Å². The van der Waals surface area contributed by atoms with Gasteiger partial charge in [0.2, 0.25) is 5.91 Å². The van der Waals surface area contributed by atoms with E-state index in [0.29, 0.717) is 18.4 Å². The van der Waals surface area contributed by atoms with E-state index in [0.717, 1.165) is 11.3 Å². The van der Waals surface area contributed by atoms with Crippen molar-refractivity contribution in [3.8, 4) is 5.75 Å². The number of benzene rings is 2. The molecular weight excluding hydrogens is 361 g/mol. The molecule has 2 rings (SSSR count). The maximum atomic E-state index is 12.2. The van der Waals surface area contributed by atoms with E-state index in [-0.39, 0.29) is 18.1 Å². The molecule has 0 aromatic heterocycles. The molecule has 0 atom stereocenters. The largest absolute Gasteiger partial charge is 0.497 e. The third kappa shape index (κ3) is 6.65. The van der Waals surface area contributed by atoms with Crippen LogP contribution in [0.1, 0.15) is 17.5 Å². The van der Waals surface area contributed by atoms with Crippen molar-refractivity contribution < 1.29 is 27.5 Å². The van der Waals surface area contributed by atoms with Crippen LogP contribution < -0.4 is 15.4 Å². The highest BCUT2D eigenvalue weighted by atomic mass is 19.4. The van der Waals surface area contributed by atoms with Crippen LogP contribution in [-0.4, -0.2) is 25.1 Å². The van der Waals surface area contributed by atoms with E-state index in [2.05, 4.69) is 5.32 Å². The van der Waals surface area contributed by atoms with E-state index in [1.807, 2.05) is 24.3 Å². The third-order valence-corrected chi connectivity index (χ3v) is 3.73. The summed E-state index contributed by atoms with van der Waals surface area (Å²) in [6.07, 6.45) is -4.08. The summed E-state index contributed by atoms with van der Waals surface area (Å²) in [6, 6.07) is 13.2. The lowest BCUT2D eigenvalue weighted by molar-refractivity contribution is -0.167. The Kier molecular flexibility index (Phi) is 6.81. The summed E-state index contributed by atoms with van der Waals surface area (Å²) in [5.41, 5.74) is 1.72. The van der Waals surface area contributed by atoms with Crippen LogP contribution in [0, 0.1) is 0 Å². The summed E-state index contributed by atoms with van der Waals surface area (Å²) < 4.78 is 41.7. The Labute approximate surface area is 154 Å². The summed E-state index contributed by atoms with van der Waals surface area (Å²) in [6.45, 7) is 0.241. The van der Waals surface area contributed by atoms with Crippen LogP contribution in [0.25, 0.3) is 0 Å². The Hall–Kier alpha value is -3.03. The van der Waals surface area contributed by atoms with Gasteiger partial charge in [-0.15, -0.1) is 0 Å². The molecule has 0 unspecified atom stereocenters. The Bertz CT molecular complexity index is 790. The SMILES string of the molecule is COc1cccc(CCC(=O)NCc2ccc(NC(=O)C(F)(F)F)cc2)c1. The van der Waals surface area contributed by atoms with Crippen molar-refractivity contribution in [3.63, 3.8) is 0 Å². The topological polar surface area (TPSA) is 67.4 Å². The van der Waals surface area contributed by atoms with Gasteiger partial charge in [0.15, 0.2) is 0 Å². The van der Waals surface area contributed by atoms with E-state index < -0.39 is 12.1 Å². The highest BCUT2D eigenvalue weighted by molar-refractivity contribution is 5.94. The summed E-state index contributed by atoms with van der Waals surface area (Å²) in [7, 11) is 1.58. The highest BCUT2D eigenvalue weighted by Crippen LogP contribution is 2.18. The molecule has 2 amide bonds. The van der Waals surface area contributed by atoms with Gasteiger partial charge in [-0.25, -0.2) is 0 Å². The maximum Gasteiger partial charge on any atom is 0.471 e. The summed E-state index contributed by atoms with van der Waals surface area (Å²) in [5, 5.41) is 4.50. The van der Waals surface area contributed by atoms with E-state index in [1.54, 1.807) is 12.4 Å². The number of aryl methyl sites for hydroxylation is 1. The molecular formula is C19H19F3N2O3. The number of carbonyl (C=O) groups excluding carboxylic acids is 2. The second kappa shape index (κ2) is 9.07. The van der Waals surface area contributed by atoms with Gasteiger partial charge in [0.25, 0.3) is 0 Å². The molecule has 0 aliphatic rings. The van der Waals surface area contributed by atoms with Crippen molar-refractivity contribution in [1.82, 2.24) is 5.32 Å². The molecule has 0 spiro atoms. The number of anilines is 1. The average Bonchev–Trinajstić information content (AvgIpc) is 2.65. The smallest absolute Gasteiger partial charge is 0.471 e. The Morgan fingerprint density at radius 1 is 1.04 bits per heavy atom. The van der Waals surface area contributed by atoms with Crippen LogP contribution >= 0.6 is 0 Å². The zero-order valence-corrected chi connectivity index (χ0v) is 14.6. The molecule has 2 N–H and O–H groups in total. The van der Waals surface area contributed by atoms with Crippen LogP contribution in [0.2, 0.25) is 0 Å². The first-order chi connectivity index (χ1) is 12.8. The number of halogens is 3. The molecule has 0 fully saturated rings. The molecule has 0 heterocycles. The minimum atomic E-state index is -4.94. The molecule has 2 aromatic rings. The first kappa shape index (κ1) is 20.3. The zero-order valence-electron chi connectivity index (χ0n) is 14.6. The minimum Gasteiger partial charge on any atom is -0.497 e. The number of methoxy groups -OCH3 is 1. The van der Waals surface area contributed by atoms with Crippen molar-refractivity contribution in [2.45, 2.75) is 25.6 Å². The lowest BCUT2D eigenvalue weighted by Crippen LogP contribution is -2.29. The predicted molar refractivity (Wildman–Crippen MR) is 94.3 cm³/mol. The number of hydrogen-bond acceptors (Lipinski definition) is 3. The third-order valence-electron chi connectivity index (χ3n) is 3.73. The second-order valence-electron chi connectivity index (χ2n) is 5.78. The molecule has 2 aromatic carbocycles. The average molecular weight is 380 g/mol. The summed E-state index contributed by atoms with van der Waals surface area (Å²) in [4.78, 5) is 22.8. The number of alkyl halides is 3. The van der Waals surface area contributed by atoms with Gasteiger partial charge in [-0.05, 0) is 41.8 Å². The molecule has 0 aliphatic carbocycles. The molecule has 144 valence electrons. The molecule has 0 bridgehead atoms. The molecule has 5 nitrogen and oxygen atoms in total. The first-order valence-corrected chi connectivity index (χ1v) is 8.14. The Balaban J connectivity index is 1.78. The van der Waals surface area contributed by atoms with Crippen molar-refractivity contribution in [3.05, 3.63) is 59.7 Å². The molecule has 27 heavy (non-hydrogen) atoms. The van der Waals surface area contributed by atoms with Crippen LogP contribution in [0.4, 0.5) is 18.9 Å². The molecule has 0 radical (unpaired) electrons. The molecule has 0 saturated heterocycles. The number of carbonyl (C=O) groups is 2. The van der Waals surface area contributed by atoms with Gasteiger partial charge in [0.1, 0.15) is 5.75 Å². The maximum absolute atomic E-state index is 12.2. The normalized spacial score (nSPS) is 11.0. The fraction of sp³-hybridized carbons (Fsp3) is 0.263. The fourth-order valence-electron chi connectivity index (χ4n) is 2.28. The van der Waals surface area contributed by atoms with E-state index in [9.17, 15) is 22.8 Å². The molecule has 0 saturated carbocycles. The summed E-state index contributed by atoms with van der Waals surface area (Å²) in [5.74, 6) is -1.45. The molecule has 0 aliphatic heterocycles. The van der Waals surface area contributed by atoms with Gasteiger partial charge in [-0.2, -0.15) is 13.2 Å². The van der Waals surface area contributed by atoms with Gasteiger partial charge in [-0.1, -0.05) is 24.3 Å². The minimum absolute atomic E-state index is 0.0328. The van der Waals surface area contributed by atoms with Crippen molar-refractivity contribution in [2.24, 2.45) is 0 Å². The highest BCUT2D eigenvalue weighted by Gasteiger charge is 2.38. The van der Waals surface area contributed by atoms with E-state index in [1.165, 1.54) is 24.3 Å². The first-order valence-electron chi connectivity index (χ1n) is 8.14. The predicted octanol–water partition coefficient (Wildman–Crippen LogP) is 3.45. The van der Waals surface area contributed by atoms with Crippen LogP contribution in [0.3, 0.4) is 0 Å². The number of hydrogen-bond donors (Lipinski definition) is 2. The second-order valence-corrected chi connectivity index (χ2v) is 5.78. The lowest BCUT2D eigenvalue weighted by atomic mass is 10.1. The summed E-state index contributed by atoms with van der Waals surface area (Å²) >= 11 is 0.